The molecule has 0 radical (unpaired) electrons. The first-order valence-corrected chi connectivity index (χ1v) is 4.52. The molecule has 0 unspecified atom stereocenters. The van der Waals surface area contributed by atoms with E-state index in [2.05, 4.69) is 21.1 Å². The summed E-state index contributed by atoms with van der Waals surface area (Å²) < 4.78 is 0.863. The summed E-state index contributed by atoms with van der Waals surface area (Å²) in [6.45, 7) is 0.986. The maximum absolute atomic E-state index is 10.1. The van der Waals surface area contributed by atoms with Gasteiger partial charge in [-0.2, -0.15) is 0 Å². The zero-order valence-corrected chi connectivity index (χ0v) is 8.62. The summed E-state index contributed by atoms with van der Waals surface area (Å²) in [5.74, 6) is -1.37. The molecule has 0 amide bonds. The van der Waals surface area contributed by atoms with Crippen molar-refractivity contribution in [2.45, 2.75) is 25.4 Å². The second-order valence-corrected chi connectivity index (χ2v) is 4.34. The van der Waals surface area contributed by atoms with Crippen LogP contribution in [0.4, 0.5) is 0 Å². The first-order valence-electron chi connectivity index (χ1n) is 4.52. The average molecular weight is 189 g/mol. The van der Waals surface area contributed by atoms with E-state index in [4.69, 9.17) is 5.11 Å². The summed E-state index contributed by atoms with van der Waals surface area (Å²) in [7, 11) is 6.24. The predicted molar refractivity (Wildman–Crippen MR) is 47.8 cm³/mol. The Kier molecular flexibility index (Phi) is 4.95. The minimum absolute atomic E-state index is 0.294. The van der Waals surface area contributed by atoms with Crippen LogP contribution in [0.25, 0.3) is 0 Å². The Morgan fingerprint density at radius 3 is 2.31 bits per heavy atom. The Labute approximate surface area is 79.4 Å². The lowest BCUT2D eigenvalue weighted by Gasteiger charge is -2.23. The number of carboxylic acids is 1. The number of rotatable bonds is 6. The topological polar surface area (TPSA) is 60.4 Å². The summed E-state index contributed by atoms with van der Waals surface area (Å²) in [6, 6.07) is 0. The maximum Gasteiger partial charge on any atom is 0.0933 e. The Balaban J connectivity index is 3.41. The number of unbranched alkanes of at least 4 members (excludes halogenated alkanes) is 1. The minimum atomic E-state index is -1.37. The number of aliphatic hydroxyl groups is 1. The molecule has 0 aliphatic heterocycles. The average Bonchev–Trinajstić information content (AvgIpc) is 1.95. The number of hydrogen-bond acceptors (Lipinski definition) is 3. The fraction of sp³-hybridized carbons (Fsp3) is 0.889. The standard InChI is InChI=1S/C9H19NO3/c1-10(2,3)7-5-4-6-8(11)9(12)13/h8,11H,4-7H2,1-3H3/t8-/m1/s1. The molecule has 0 aromatic rings. The second-order valence-electron chi connectivity index (χ2n) is 4.34. The van der Waals surface area contributed by atoms with E-state index in [0.717, 1.165) is 23.9 Å². The van der Waals surface area contributed by atoms with Crippen LogP contribution in [0, 0.1) is 0 Å². The van der Waals surface area contributed by atoms with Crippen LogP contribution < -0.4 is 5.11 Å². The van der Waals surface area contributed by atoms with E-state index in [0.29, 0.717) is 6.42 Å². The van der Waals surface area contributed by atoms with Crippen molar-refractivity contribution in [3.05, 3.63) is 0 Å². The number of aliphatic hydroxyl groups excluding tert-OH is 1. The van der Waals surface area contributed by atoms with Gasteiger partial charge < -0.3 is 19.5 Å². The molecule has 0 aliphatic carbocycles. The van der Waals surface area contributed by atoms with E-state index >= 15 is 0 Å². The molecular formula is C9H19NO3. The molecule has 0 bridgehead atoms. The normalized spacial score (nSPS) is 14.2. The van der Waals surface area contributed by atoms with Crippen LogP contribution in [-0.2, 0) is 4.79 Å². The van der Waals surface area contributed by atoms with Crippen LogP contribution in [0.2, 0.25) is 0 Å². The number of nitrogens with zero attached hydrogens (tertiary/aromatic N) is 1. The van der Waals surface area contributed by atoms with Crippen molar-refractivity contribution in [3.8, 4) is 0 Å². The number of carbonyl (C=O) groups excluding carboxylic acids is 1. The van der Waals surface area contributed by atoms with Gasteiger partial charge >= 0.3 is 0 Å². The van der Waals surface area contributed by atoms with E-state index in [1.165, 1.54) is 0 Å². The maximum atomic E-state index is 10.1. The molecule has 0 spiro atoms. The zero-order valence-electron chi connectivity index (χ0n) is 8.62. The van der Waals surface area contributed by atoms with E-state index in [-0.39, 0.29) is 0 Å². The molecule has 78 valence electrons. The third-order valence-electron chi connectivity index (χ3n) is 1.83. The highest BCUT2D eigenvalue weighted by molar-refractivity contribution is 5.69. The molecule has 0 aromatic carbocycles. The van der Waals surface area contributed by atoms with Gasteiger partial charge in [0.2, 0.25) is 0 Å². The first kappa shape index (κ1) is 12.4. The zero-order chi connectivity index (χ0) is 10.5. The molecule has 0 saturated carbocycles. The Morgan fingerprint density at radius 1 is 1.38 bits per heavy atom. The van der Waals surface area contributed by atoms with Crippen LogP contribution in [0.15, 0.2) is 0 Å². The molecule has 4 heteroatoms. The van der Waals surface area contributed by atoms with Crippen molar-refractivity contribution in [2.75, 3.05) is 27.7 Å². The first-order chi connectivity index (χ1) is 5.83. The molecule has 1 N–H and O–H groups in total. The fourth-order valence-corrected chi connectivity index (χ4v) is 1.04. The van der Waals surface area contributed by atoms with Crippen LogP contribution in [0.5, 0.6) is 0 Å². The van der Waals surface area contributed by atoms with Gasteiger partial charge in [0.25, 0.3) is 0 Å². The highest BCUT2D eigenvalue weighted by atomic mass is 16.4. The van der Waals surface area contributed by atoms with Gasteiger partial charge in [-0.15, -0.1) is 0 Å². The second kappa shape index (κ2) is 5.19. The molecule has 0 heterocycles. The monoisotopic (exact) mass is 189 g/mol. The van der Waals surface area contributed by atoms with Crippen LogP contribution in [0.1, 0.15) is 19.3 Å². The van der Waals surface area contributed by atoms with Crippen LogP contribution in [0.3, 0.4) is 0 Å². The van der Waals surface area contributed by atoms with E-state index in [1.807, 2.05) is 0 Å². The lowest BCUT2D eigenvalue weighted by molar-refractivity contribution is -0.870. The van der Waals surface area contributed by atoms with Gasteiger partial charge in [0.1, 0.15) is 0 Å². The molecule has 4 nitrogen and oxygen atoms in total. The van der Waals surface area contributed by atoms with Crippen molar-refractivity contribution in [2.24, 2.45) is 0 Å². The molecule has 13 heavy (non-hydrogen) atoms. The van der Waals surface area contributed by atoms with Gasteiger partial charge in [-0.3, -0.25) is 0 Å². The predicted octanol–water partition coefficient (Wildman–Crippen LogP) is -1.03. The SMILES string of the molecule is C[N+](C)(C)CCCC[C@@H](O)C(=O)[O-]. The lowest BCUT2D eigenvalue weighted by atomic mass is 10.1. The minimum Gasteiger partial charge on any atom is -0.547 e. The Morgan fingerprint density at radius 2 is 1.92 bits per heavy atom. The smallest absolute Gasteiger partial charge is 0.0933 e. The van der Waals surface area contributed by atoms with Crippen molar-refractivity contribution in [1.29, 1.82) is 0 Å². The Hall–Kier alpha value is -0.610. The summed E-state index contributed by atoms with van der Waals surface area (Å²) in [6.07, 6.45) is 0.647. The number of hydrogen-bond donors (Lipinski definition) is 1. The van der Waals surface area contributed by atoms with Gasteiger partial charge in [0, 0.05) is 0 Å². The van der Waals surface area contributed by atoms with Gasteiger partial charge in [-0.05, 0) is 19.3 Å². The third kappa shape index (κ3) is 7.74. The van der Waals surface area contributed by atoms with Crippen LogP contribution >= 0.6 is 0 Å². The summed E-state index contributed by atoms with van der Waals surface area (Å²) in [5.41, 5.74) is 0. The highest BCUT2D eigenvalue weighted by Crippen LogP contribution is 2.03. The van der Waals surface area contributed by atoms with Gasteiger partial charge in [-0.1, -0.05) is 0 Å². The molecular weight excluding hydrogens is 170 g/mol. The van der Waals surface area contributed by atoms with Crippen molar-refractivity contribution >= 4 is 5.97 Å². The summed E-state index contributed by atoms with van der Waals surface area (Å²) >= 11 is 0. The molecule has 0 rings (SSSR count). The molecule has 1 atom stereocenters. The molecule has 0 aromatic heterocycles. The number of carboxylic acid groups (broad SMARTS) is 1. The quantitative estimate of drug-likeness (QED) is 0.429. The van der Waals surface area contributed by atoms with Gasteiger partial charge in [-0.25, -0.2) is 0 Å². The number of aliphatic carboxylic acids is 1. The van der Waals surface area contributed by atoms with Crippen molar-refractivity contribution in [1.82, 2.24) is 0 Å². The summed E-state index contributed by atoms with van der Waals surface area (Å²) in [5, 5.41) is 19.0. The molecule has 0 saturated heterocycles. The largest absolute Gasteiger partial charge is 0.547 e. The number of quaternary nitrogens is 1. The highest BCUT2D eigenvalue weighted by Gasteiger charge is 2.08. The molecule has 0 aliphatic rings. The van der Waals surface area contributed by atoms with Crippen LogP contribution in [-0.4, -0.2) is 49.4 Å². The van der Waals surface area contributed by atoms with Crippen molar-refractivity contribution < 1.29 is 19.5 Å². The third-order valence-corrected chi connectivity index (χ3v) is 1.83. The van der Waals surface area contributed by atoms with E-state index < -0.39 is 12.1 Å². The van der Waals surface area contributed by atoms with Crippen molar-refractivity contribution in [3.63, 3.8) is 0 Å². The van der Waals surface area contributed by atoms with E-state index in [9.17, 15) is 9.90 Å². The van der Waals surface area contributed by atoms with Gasteiger partial charge in [0.15, 0.2) is 0 Å². The Bertz CT molecular complexity index is 163. The molecule has 0 fully saturated rings. The fourth-order valence-electron chi connectivity index (χ4n) is 1.04. The lowest BCUT2D eigenvalue weighted by Crippen LogP contribution is -2.37. The van der Waals surface area contributed by atoms with E-state index in [1.54, 1.807) is 0 Å². The number of carbonyl (C=O) groups is 1. The van der Waals surface area contributed by atoms with Gasteiger partial charge in [0.05, 0.1) is 39.8 Å². The summed E-state index contributed by atoms with van der Waals surface area (Å²) in [4.78, 5) is 10.1.